The summed E-state index contributed by atoms with van der Waals surface area (Å²) in [5, 5.41) is 2.55. The molecule has 1 N–H and O–H groups in total. The topological polar surface area (TPSA) is 46.2 Å². The van der Waals surface area contributed by atoms with Gasteiger partial charge in [-0.05, 0) is 12.8 Å². The van der Waals surface area contributed by atoms with Gasteiger partial charge in [0.2, 0.25) is 5.91 Å². The molecule has 3 nitrogen and oxygen atoms in total. The predicted octanol–water partition coefficient (Wildman–Crippen LogP) is 0.102. The molecule has 0 aliphatic heterocycles. The number of carbonyl (C=O) groups excluding carboxylic acids is 2. The highest BCUT2D eigenvalue weighted by Gasteiger charge is 2.48. The first-order valence-electron chi connectivity index (χ1n) is 3.41. The number of rotatable bonds is 3. The van der Waals surface area contributed by atoms with E-state index < -0.39 is 0 Å². The van der Waals surface area contributed by atoms with E-state index in [2.05, 4.69) is 5.32 Å². The number of nitrogens with one attached hydrogen (secondary N) is 1. The van der Waals surface area contributed by atoms with Crippen molar-refractivity contribution in [2.45, 2.75) is 19.3 Å². The third-order valence-corrected chi connectivity index (χ3v) is 2.04. The molecular formula is C7H11NO2. The molecule has 0 heterocycles. The average Bonchev–Trinajstić information content (AvgIpc) is 2.69. The Bertz CT molecular complexity index is 161. The third kappa shape index (κ3) is 1.03. The van der Waals surface area contributed by atoms with Crippen molar-refractivity contribution in [1.29, 1.82) is 0 Å². The fourth-order valence-corrected chi connectivity index (χ4v) is 1.10. The number of carbonyl (C=O) groups is 2. The molecule has 10 heavy (non-hydrogen) atoms. The van der Waals surface area contributed by atoms with E-state index in [0.29, 0.717) is 6.42 Å². The third-order valence-electron chi connectivity index (χ3n) is 2.04. The number of hydrogen-bond donors (Lipinski definition) is 1. The van der Waals surface area contributed by atoms with Crippen LogP contribution in [0.25, 0.3) is 0 Å². The van der Waals surface area contributed by atoms with Gasteiger partial charge in [0.25, 0.3) is 0 Å². The van der Waals surface area contributed by atoms with E-state index in [9.17, 15) is 9.59 Å². The van der Waals surface area contributed by atoms with Crippen LogP contribution in [0.2, 0.25) is 0 Å². The van der Waals surface area contributed by atoms with E-state index in [0.717, 1.165) is 19.1 Å². The van der Waals surface area contributed by atoms with Crippen molar-refractivity contribution in [2.24, 2.45) is 5.41 Å². The van der Waals surface area contributed by atoms with Gasteiger partial charge in [-0.15, -0.1) is 0 Å². The molecular weight excluding hydrogens is 130 g/mol. The fourth-order valence-electron chi connectivity index (χ4n) is 1.10. The molecule has 56 valence electrons. The summed E-state index contributed by atoms with van der Waals surface area (Å²) in [7, 11) is 1.60. The van der Waals surface area contributed by atoms with Crippen LogP contribution in [0.3, 0.4) is 0 Å². The lowest BCUT2D eigenvalue weighted by Crippen LogP contribution is -2.28. The van der Waals surface area contributed by atoms with Gasteiger partial charge in [-0.1, -0.05) is 0 Å². The van der Waals surface area contributed by atoms with Crippen LogP contribution in [0.1, 0.15) is 19.3 Å². The summed E-state index contributed by atoms with van der Waals surface area (Å²) < 4.78 is 0. The number of aldehydes is 1. The summed E-state index contributed by atoms with van der Waals surface area (Å²) in [6.07, 6.45) is 2.94. The maximum Gasteiger partial charge on any atom is 0.226 e. The summed E-state index contributed by atoms with van der Waals surface area (Å²) in [6.45, 7) is 0. The van der Waals surface area contributed by atoms with E-state index in [-0.39, 0.29) is 11.3 Å². The maximum atomic E-state index is 11.0. The van der Waals surface area contributed by atoms with Crippen LogP contribution in [0.15, 0.2) is 0 Å². The minimum Gasteiger partial charge on any atom is -0.359 e. The first kappa shape index (κ1) is 7.25. The molecule has 1 saturated carbocycles. The van der Waals surface area contributed by atoms with Gasteiger partial charge in [0, 0.05) is 13.5 Å². The van der Waals surface area contributed by atoms with Crippen molar-refractivity contribution in [3.05, 3.63) is 0 Å². The number of hydrogen-bond acceptors (Lipinski definition) is 2. The van der Waals surface area contributed by atoms with E-state index in [4.69, 9.17) is 0 Å². The van der Waals surface area contributed by atoms with Gasteiger partial charge in [-0.3, -0.25) is 4.79 Å². The zero-order valence-corrected chi connectivity index (χ0v) is 6.02. The van der Waals surface area contributed by atoms with Gasteiger partial charge < -0.3 is 10.1 Å². The van der Waals surface area contributed by atoms with Crippen LogP contribution < -0.4 is 5.32 Å². The van der Waals surface area contributed by atoms with Gasteiger partial charge >= 0.3 is 0 Å². The van der Waals surface area contributed by atoms with Crippen LogP contribution in [-0.2, 0) is 9.59 Å². The fraction of sp³-hybridized carbons (Fsp3) is 0.714. The zero-order chi connectivity index (χ0) is 7.61. The summed E-state index contributed by atoms with van der Waals surface area (Å²) >= 11 is 0. The van der Waals surface area contributed by atoms with Gasteiger partial charge in [-0.2, -0.15) is 0 Å². The molecule has 3 heteroatoms. The van der Waals surface area contributed by atoms with Gasteiger partial charge in [0.05, 0.1) is 5.41 Å². The quantitative estimate of drug-likeness (QED) is 0.567. The molecule has 1 amide bonds. The lowest BCUT2D eigenvalue weighted by Gasteiger charge is -2.07. The Kier molecular flexibility index (Phi) is 1.74. The first-order valence-corrected chi connectivity index (χ1v) is 3.41. The average molecular weight is 141 g/mol. The normalized spacial score (nSPS) is 19.7. The van der Waals surface area contributed by atoms with Crippen molar-refractivity contribution in [1.82, 2.24) is 5.32 Å². The smallest absolute Gasteiger partial charge is 0.226 e. The second kappa shape index (κ2) is 2.40. The van der Waals surface area contributed by atoms with Gasteiger partial charge in [0.1, 0.15) is 6.29 Å². The minimum atomic E-state index is -0.309. The Balaban J connectivity index is 2.51. The lowest BCUT2D eigenvalue weighted by atomic mass is 10.0. The second-order valence-electron chi connectivity index (χ2n) is 2.73. The highest BCUT2D eigenvalue weighted by atomic mass is 16.2. The van der Waals surface area contributed by atoms with Gasteiger partial charge in [0.15, 0.2) is 0 Å². The summed E-state index contributed by atoms with van der Waals surface area (Å²) in [5.41, 5.74) is -0.309. The van der Waals surface area contributed by atoms with E-state index in [1.807, 2.05) is 0 Å². The maximum absolute atomic E-state index is 11.0. The lowest BCUT2D eigenvalue weighted by molar-refractivity contribution is -0.127. The summed E-state index contributed by atoms with van der Waals surface area (Å²) in [4.78, 5) is 21.1. The summed E-state index contributed by atoms with van der Waals surface area (Å²) in [5.74, 6) is 0.0135. The molecule has 1 aliphatic carbocycles. The largest absolute Gasteiger partial charge is 0.359 e. The standard InChI is InChI=1S/C7H11NO2/c1-8-6(10)7(2-3-7)4-5-9/h5H,2-4H2,1H3,(H,8,10). The molecule has 0 spiro atoms. The summed E-state index contributed by atoms with van der Waals surface area (Å²) in [6, 6.07) is 0. The van der Waals surface area contributed by atoms with Crippen molar-refractivity contribution in [2.75, 3.05) is 7.05 Å². The molecule has 1 fully saturated rings. The molecule has 0 aromatic rings. The molecule has 0 saturated heterocycles. The Labute approximate surface area is 59.8 Å². The second-order valence-corrected chi connectivity index (χ2v) is 2.73. The Morgan fingerprint density at radius 3 is 2.60 bits per heavy atom. The molecule has 0 radical (unpaired) electrons. The highest BCUT2D eigenvalue weighted by Crippen LogP contribution is 2.48. The Morgan fingerprint density at radius 2 is 2.30 bits per heavy atom. The van der Waals surface area contributed by atoms with E-state index in [1.54, 1.807) is 7.05 Å². The monoisotopic (exact) mass is 141 g/mol. The van der Waals surface area contributed by atoms with Crippen LogP contribution >= 0.6 is 0 Å². The predicted molar refractivity (Wildman–Crippen MR) is 36.4 cm³/mol. The molecule has 0 bridgehead atoms. The molecule has 0 aromatic carbocycles. The molecule has 0 atom stereocenters. The zero-order valence-electron chi connectivity index (χ0n) is 6.02. The van der Waals surface area contributed by atoms with Crippen LogP contribution in [-0.4, -0.2) is 19.2 Å². The number of amides is 1. The van der Waals surface area contributed by atoms with E-state index >= 15 is 0 Å². The van der Waals surface area contributed by atoms with Crippen LogP contribution in [0.5, 0.6) is 0 Å². The minimum absolute atomic E-state index is 0.0135. The van der Waals surface area contributed by atoms with Crippen molar-refractivity contribution in [3.8, 4) is 0 Å². The Morgan fingerprint density at radius 1 is 1.70 bits per heavy atom. The van der Waals surface area contributed by atoms with Crippen LogP contribution in [0.4, 0.5) is 0 Å². The molecule has 1 rings (SSSR count). The van der Waals surface area contributed by atoms with E-state index in [1.165, 1.54) is 0 Å². The van der Waals surface area contributed by atoms with Crippen LogP contribution in [0, 0.1) is 5.41 Å². The molecule has 1 aliphatic rings. The highest BCUT2D eigenvalue weighted by molar-refractivity contribution is 5.87. The van der Waals surface area contributed by atoms with Gasteiger partial charge in [-0.25, -0.2) is 0 Å². The van der Waals surface area contributed by atoms with Crippen molar-refractivity contribution in [3.63, 3.8) is 0 Å². The molecule has 0 unspecified atom stereocenters. The molecule has 0 aromatic heterocycles. The van der Waals surface area contributed by atoms with Crippen molar-refractivity contribution >= 4 is 12.2 Å². The SMILES string of the molecule is CNC(=O)C1(CC=O)CC1. The first-order chi connectivity index (χ1) is 4.75. The van der Waals surface area contributed by atoms with Crippen molar-refractivity contribution < 1.29 is 9.59 Å². The Hall–Kier alpha value is -0.860.